The molecule has 2 rings (SSSR count). The summed E-state index contributed by atoms with van der Waals surface area (Å²) >= 11 is 0. The lowest BCUT2D eigenvalue weighted by Gasteiger charge is -2.34. The molecule has 21 heavy (non-hydrogen) atoms. The summed E-state index contributed by atoms with van der Waals surface area (Å²) in [5.41, 5.74) is -0.392. The van der Waals surface area contributed by atoms with Gasteiger partial charge in [-0.2, -0.15) is 13.2 Å². The number of rotatable bonds is 3. The number of hydrogen-bond donors (Lipinski definition) is 2. The third-order valence-electron chi connectivity index (χ3n) is 3.80. The number of aliphatic hydroxyl groups excluding tert-OH is 1. The summed E-state index contributed by atoms with van der Waals surface area (Å²) in [6, 6.07) is 5.46. The first kappa shape index (κ1) is 15.8. The minimum absolute atomic E-state index is 0.245. The SMILES string of the molecule is O=C(O)C(O)N1CCC(c2ccccc2C(F)(F)F)CC1. The zero-order chi connectivity index (χ0) is 15.6. The van der Waals surface area contributed by atoms with Crippen molar-refractivity contribution < 1.29 is 28.2 Å². The van der Waals surface area contributed by atoms with Gasteiger partial charge in [-0.3, -0.25) is 4.90 Å². The zero-order valence-electron chi connectivity index (χ0n) is 11.2. The molecule has 2 N–H and O–H groups in total. The van der Waals surface area contributed by atoms with Crippen LogP contribution in [0.4, 0.5) is 13.2 Å². The fourth-order valence-electron chi connectivity index (χ4n) is 2.72. The highest BCUT2D eigenvalue weighted by molar-refractivity contribution is 5.71. The maximum Gasteiger partial charge on any atom is 0.416 e. The lowest BCUT2D eigenvalue weighted by molar-refractivity contribution is -0.158. The molecule has 0 radical (unpaired) electrons. The van der Waals surface area contributed by atoms with Crippen LogP contribution in [-0.4, -0.2) is 40.4 Å². The van der Waals surface area contributed by atoms with Gasteiger partial charge in [-0.25, -0.2) is 4.79 Å². The summed E-state index contributed by atoms with van der Waals surface area (Å²) in [4.78, 5) is 12.1. The number of likely N-dealkylation sites (tertiary alicyclic amines) is 1. The summed E-state index contributed by atoms with van der Waals surface area (Å²) in [6.07, 6.45) is -5.22. The molecule has 4 nitrogen and oxygen atoms in total. The first-order chi connectivity index (χ1) is 9.80. The van der Waals surface area contributed by atoms with E-state index in [0.717, 1.165) is 6.07 Å². The van der Waals surface area contributed by atoms with Gasteiger partial charge in [0.1, 0.15) is 0 Å². The van der Waals surface area contributed by atoms with Gasteiger partial charge in [0.25, 0.3) is 0 Å². The number of carboxylic acids is 1. The van der Waals surface area contributed by atoms with Crippen molar-refractivity contribution in [3.8, 4) is 0 Å². The summed E-state index contributed by atoms with van der Waals surface area (Å²) < 4.78 is 39.0. The molecule has 0 aliphatic carbocycles. The summed E-state index contributed by atoms with van der Waals surface area (Å²) in [5.74, 6) is -1.62. The Hall–Kier alpha value is -1.60. The van der Waals surface area contributed by atoms with Gasteiger partial charge in [-0.1, -0.05) is 18.2 Å². The number of carbonyl (C=O) groups is 1. The molecular weight excluding hydrogens is 287 g/mol. The van der Waals surface area contributed by atoms with Gasteiger partial charge in [-0.05, 0) is 30.4 Å². The molecule has 0 amide bonds. The average molecular weight is 303 g/mol. The Morgan fingerprint density at radius 2 is 1.81 bits per heavy atom. The van der Waals surface area contributed by atoms with Crippen molar-refractivity contribution in [3.05, 3.63) is 35.4 Å². The minimum atomic E-state index is -4.39. The normalized spacial score (nSPS) is 19.4. The van der Waals surface area contributed by atoms with E-state index in [9.17, 15) is 23.1 Å². The molecule has 1 fully saturated rings. The van der Waals surface area contributed by atoms with Crippen LogP contribution >= 0.6 is 0 Å². The molecule has 0 aromatic heterocycles. The molecule has 1 atom stereocenters. The number of aliphatic hydroxyl groups is 1. The monoisotopic (exact) mass is 303 g/mol. The van der Waals surface area contributed by atoms with Crippen LogP contribution in [0.1, 0.15) is 29.9 Å². The molecule has 1 aromatic rings. The van der Waals surface area contributed by atoms with Crippen LogP contribution in [0, 0.1) is 0 Å². The lowest BCUT2D eigenvalue weighted by atomic mass is 9.86. The van der Waals surface area contributed by atoms with Crippen LogP contribution in [-0.2, 0) is 11.0 Å². The van der Waals surface area contributed by atoms with Gasteiger partial charge in [-0.15, -0.1) is 0 Å². The molecule has 1 aliphatic rings. The van der Waals surface area contributed by atoms with Gasteiger partial charge in [0.15, 0.2) is 0 Å². The predicted molar refractivity (Wildman–Crippen MR) is 68.6 cm³/mol. The molecule has 7 heteroatoms. The summed E-state index contributed by atoms with van der Waals surface area (Å²) in [5, 5.41) is 18.2. The van der Waals surface area contributed by atoms with Crippen molar-refractivity contribution in [2.75, 3.05) is 13.1 Å². The smallest absolute Gasteiger partial charge is 0.416 e. The first-order valence-electron chi connectivity index (χ1n) is 6.61. The van der Waals surface area contributed by atoms with Crippen LogP contribution in [0.15, 0.2) is 24.3 Å². The maximum absolute atomic E-state index is 13.0. The van der Waals surface area contributed by atoms with Crippen molar-refractivity contribution in [1.29, 1.82) is 0 Å². The van der Waals surface area contributed by atoms with Crippen molar-refractivity contribution >= 4 is 5.97 Å². The van der Waals surface area contributed by atoms with Gasteiger partial charge in [0.2, 0.25) is 6.23 Å². The highest BCUT2D eigenvalue weighted by Crippen LogP contribution is 2.38. The van der Waals surface area contributed by atoms with Crippen LogP contribution in [0.2, 0.25) is 0 Å². The minimum Gasteiger partial charge on any atom is -0.478 e. The number of hydrogen-bond acceptors (Lipinski definition) is 3. The summed E-state index contributed by atoms with van der Waals surface area (Å²) in [6.45, 7) is 0.509. The Balaban J connectivity index is 2.11. The molecule has 0 saturated carbocycles. The fourth-order valence-corrected chi connectivity index (χ4v) is 2.72. The third-order valence-corrected chi connectivity index (χ3v) is 3.80. The highest BCUT2D eigenvalue weighted by atomic mass is 19.4. The second kappa shape index (κ2) is 6.03. The molecular formula is C14H16F3NO3. The van der Waals surface area contributed by atoms with E-state index < -0.39 is 23.9 Å². The maximum atomic E-state index is 13.0. The van der Waals surface area contributed by atoms with Gasteiger partial charge < -0.3 is 10.2 Å². The largest absolute Gasteiger partial charge is 0.478 e. The van der Waals surface area contributed by atoms with Crippen LogP contribution < -0.4 is 0 Å². The zero-order valence-corrected chi connectivity index (χ0v) is 11.2. The van der Waals surface area contributed by atoms with E-state index in [-0.39, 0.29) is 24.6 Å². The van der Waals surface area contributed by atoms with Crippen LogP contribution in [0.25, 0.3) is 0 Å². The van der Waals surface area contributed by atoms with E-state index in [1.807, 2.05) is 0 Å². The highest BCUT2D eigenvalue weighted by Gasteiger charge is 2.36. The molecule has 1 saturated heterocycles. The molecule has 116 valence electrons. The second-order valence-corrected chi connectivity index (χ2v) is 5.11. The van der Waals surface area contributed by atoms with Crippen molar-refractivity contribution in [2.24, 2.45) is 0 Å². The number of halogens is 3. The molecule has 0 bridgehead atoms. The van der Waals surface area contributed by atoms with Gasteiger partial charge >= 0.3 is 12.1 Å². The van der Waals surface area contributed by atoms with Gasteiger partial charge in [0, 0.05) is 13.1 Å². The molecule has 1 aromatic carbocycles. The Labute approximate surface area is 119 Å². The molecule has 1 unspecified atom stereocenters. The van der Waals surface area contributed by atoms with E-state index >= 15 is 0 Å². The predicted octanol–water partition coefficient (Wildman–Crippen LogP) is 2.29. The Morgan fingerprint density at radius 1 is 1.24 bits per heavy atom. The van der Waals surface area contributed by atoms with E-state index in [1.165, 1.54) is 17.0 Å². The molecule has 0 spiro atoms. The third kappa shape index (κ3) is 3.54. The Bertz CT molecular complexity index is 510. The molecule has 1 heterocycles. The quantitative estimate of drug-likeness (QED) is 0.899. The molecule has 1 aliphatic heterocycles. The van der Waals surface area contributed by atoms with Crippen LogP contribution in [0.5, 0.6) is 0 Å². The fraction of sp³-hybridized carbons (Fsp3) is 0.500. The van der Waals surface area contributed by atoms with Crippen LogP contribution in [0.3, 0.4) is 0 Å². The van der Waals surface area contributed by atoms with Crippen molar-refractivity contribution in [3.63, 3.8) is 0 Å². The Kier molecular flexibility index (Phi) is 4.53. The number of alkyl halides is 3. The van der Waals surface area contributed by atoms with E-state index in [4.69, 9.17) is 5.11 Å². The Morgan fingerprint density at radius 3 is 2.33 bits per heavy atom. The topological polar surface area (TPSA) is 60.8 Å². The standard InChI is InChI=1S/C14H16F3NO3/c15-14(16,17)11-4-2-1-3-10(11)9-5-7-18(8-6-9)12(19)13(20)21/h1-4,9,12,19H,5-8H2,(H,20,21). The van der Waals surface area contributed by atoms with E-state index in [1.54, 1.807) is 6.07 Å². The number of piperidine rings is 1. The number of nitrogens with zero attached hydrogens (tertiary/aromatic N) is 1. The lowest BCUT2D eigenvalue weighted by Crippen LogP contribution is -2.45. The number of carboxylic acid groups (broad SMARTS) is 1. The summed E-state index contributed by atoms with van der Waals surface area (Å²) in [7, 11) is 0. The first-order valence-corrected chi connectivity index (χ1v) is 6.61. The second-order valence-electron chi connectivity index (χ2n) is 5.11. The van der Waals surface area contributed by atoms with Gasteiger partial charge in [0.05, 0.1) is 5.56 Å². The van der Waals surface area contributed by atoms with Crippen molar-refractivity contribution in [2.45, 2.75) is 31.2 Å². The van der Waals surface area contributed by atoms with E-state index in [0.29, 0.717) is 12.8 Å². The number of aliphatic carboxylic acids is 1. The average Bonchev–Trinajstić information content (AvgIpc) is 2.45. The number of benzene rings is 1. The van der Waals surface area contributed by atoms with E-state index in [2.05, 4.69) is 0 Å². The van der Waals surface area contributed by atoms with Crippen molar-refractivity contribution in [1.82, 2.24) is 4.90 Å².